The van der Waals surface area contributed by atoms with Crippen LogP contribution in [-0.4, -0.2) is 56.2 Å². The van der Waals surface area contributed by atoms with Crippen LogP contribution in [0.25, 0.3) is 0 Å². The predicted molar refractivity (Wildman–Crippen MR) is 97.4 cm³/mol. The molecule has 0 fully saturated rings. The number of ether oxygens (including phenoxy) is 3. The molecule has 8 heteroatoms. The minimum absolute atomic E-state index is 0.0398. The van der Waals surface area contributed by atoms with Crippen LogP contribution in [0.1, 0.15) is 21.1 Å². The number of carbonyl (C=O) groups excluding carboxylic acids is 2. The highest BCUT2D eigenvalue weighted by Gasteiger charge is 2.18. The molecule has 7 nitrogen and oxygen atoms in total. The zero-order chi connectivity index (χ0) is 18.9. The van der Waals surface area contributed by atoms with Crippen LogP contribution in [-0.2, 0) is 27.2 Å². The largest absolute Gasteiger partial charge is 0.497 e. The van der Waals surface area contributed by atoms with Gasteiger partial charge in [-0.2, -0.15) is 0 Å². The van der Waals surface area contributed by atoms with E-state index in [1.165, 1.54) is 18.4 Å². The highest BCUT2D eigenvalue weighted by Crippen LogP contribution is 2.16. The number of methoxy groups -OCH3 is 3. The summed E-state index contributed by atoms with van der Waals surface area (Å²) in [7, 11) is 4.50. The zero-order valence-electron chi connectivity index (χ0n) is 15.1. The Bertz CT molecular complexity index is 729. The number of aromatic nitrogens is 1. The number of esters is 1. The fraction of sp³-hybridized carbons (Fsp3) is 0.389. The van der Waals surface area contributed by atoms with Crippen molar-refractivity contribution in [3.63, 3.8) is 0 Å². The van der Waals surface area contributed by atoms with Crippen LogP contribution in [0.15, 0.2) is 29.6 Å². The maximum Gasteiger partial charge on any atom is 0.357 e. The molecular formula is C18H22N2O5S. The number of carbonyl (C=O) groups is 2. The van der Waals surface area contributed by atoms with Crippen molar-refractivity contribution in [1.29, 1.82) is 0 Å². The summed E-state index contributed by atoms with van der Waals surface area (Å²) >= 11 is 1.32. The van der Waals surface area contributed by atoms with Gasteiger partial charge in [-0.05, 0) is 17.7 Å². The molecule has 0 aliphatic carbocycles. The highest BCUT2D eigenvalue weighted by atomic mass is 32.1. The van der Waals surface area contributed by atoms with Gasteiger partial charge in [0.25, 0.3) is 0 Å². The molecule has 1 aromatic heterocycles. The summed E-state index contributed by atoms with van der Waals surface area (Å²) < 4.78 is 14.9. The van der Waals surface area contributed by atoms with Gasteiger partial charge in [0.05, 0.1) is 33.8 Å². The van der Waals surface area contributed by atoms with Crippen LogP contribution in [0.3, 0.4) is 0 Å². The second-order valence-corrected chi connectivity index (χ2v) is 6.39. The summed E-state index contributed by atoms with van der Waals surface area (Å²) in [4.78, 5) is 30.1. The number of hydrogen-bond donors (Lipinski definition) is 0. The van der Waals surface area contributed by atoms with E-state index in [-0.39, 0.29) is 18.0 Å². The van der Waals surface area contributed by atoms with Crippen molar-refractivity contribution in [1.82, 2.24) is 9.88 Å². The average Bonchev–Trinajstić information content (AvgIpc) is 3.13. The molecule has 1 aromatic carbocycles. The van der Waals surface area contributed by atoms with E-state index >= 15 is 0 Å². The molecule has 1 amide bonds. The van der Waals surface area contributed by atoms with E-state index in [4.69, 9.17) is 9.47 Å². The second kappa shape index (κ2) is 9.88. The van der Waals surface area contributed by atoms with Crippen molar-refractivity contribution in [3.8, 4) is 5.75 Å². The van der Waals surface area contributed by atoms with Crippen molar-refractivity contribution >= 4 is 23.2 Å². The molecule has 1 heterocycles. The molecular weight excluding hydrogens is 356 g/mol. The number of hydrogen-bond acceptors (Lipinski definition) is 7. The first-order valence-electron chi connectivity index (χ1n) is 7.99. The normalized spacial score (nSPS) is 10.4. The Balaban J connectivity index is 2.05. The maximum atomic E-state index is 12.7. The van der Waals surface area contributed by atoms with Crippen LogP contribution in [0.4, 0.5) is 0 Å². The summed E-state index contributed by atoms with van der Waals surface area (Å²) in [6.07, 6.45) is 0.267. The van der Waals surface area contributed by atoms with Crippen LogP contribution in [0, 0.1) is 0 Å². The third-order valence-corrected chi connectivity index (χ3v) is 4.54. The van der Waals surface area contributed by atoms with Gasteiger partial charge in [0.1, 0.15) is 10.8 Å². The monoisotopic (exact) mass is 378 g/mol. The quantitative estimate of drug-likeness (QED) is 0.622. The molecule has 0 radical (unpaired) electrons. The van der Waals surface area contributed by atoms with Gasteiger partial charge in [0.15, 0.2) is 5.69 Å². The third kappa shape index (κ3) is 5.53. The first-order valence-corrected chi connectivity index (χ1v) is 8.87. The Labute approximate surface area is 156 Å². The van der Waals surface area contributed by atoms with Gasteiger partial charge in [-0.25, -0.2) is 9.78 Å². The smallest absolute Gasteiger partial charge is 0.357 e. The molecule has 0 saturated carbocycles. The van der Waals surface area contributed by atoms with Crippen molar-refractivity contribution in [2.24, 2.45) is 0 Å². The van der Waals surface area contributed by atoms with Crippen LogP contribution in [0.5, 0.6) is 5.75 Å². The first-order chi connectivity index (χ1) is 12.6. The highest BCUT2D eigenvalue weighted by molar-refractivity contribution is 7.09. The molecule has 2 aromatic rings. The van der Waals surface area contributed by atoms with Crippen LogP contribution < -0.4 is 4.74 Å². The van der Waals surface area contributed by atoms with Gasteiger partial charge in [0.2, 0.25) is 5.91 Å². The fourth-order valence-corrected chi connectivity index (χ4v) is 3.05. The van der Waals surface area contributed by atoms with Crippen molar-refractivity contribution in [3.05, 3.63) is 45.9 Å². The van der Waals surface area contributed by atoms with Gasteiger partial charge < -0.3 is 19.1 Å². The van der Waals surface area contributed by atoms with E-state index in [0.717, 1.165) is 11.3 Å². The molecule has 26 heavy (non-hydrogen) atoms. The molecule has 0 spiro atoms. The van der Waals surface area contributed by atoms with Gasteiger partial charge in [-0.15, -0.1) is 11.3 Å². The van der Waals surface area contributed by atoms with Gasteiger partial charge in [0, 0.05) is 19.0 Å². The topological polar surface area (TPSA) is 78.0 Å². The standard InChI is InChI=1S/C18H22N2O5S/c1-23-9-8-20(11-16-19-15(12-26-16)18(22)25-3)17(21)10-13-4-6-14(24-2)7-5-13/h4-7,12H,8-11H2,1-3H3. The number of benzene rings is 1. The lowest BCUT2D eigenvalue weighted by molar-refractivity contribution is -0.131. The lowest BCUT2D eigenvalue weighted by Crippen LogP contribution is -2.34. The summed E-state index contributed by atoms with van der Waals surface area (Å²) in [5.41, 5.74) is 1.15. The Morgan fingerprint density at radius 3 is 2.50 bits per heavy atom. The van der Waals surface area contributed by atoms with Crippen molar-refractivity contribution in [2.75, 3.05) is 34.5 Å². The minimum Gasteiger partial charge on any atom is -0.497 e. The molecule has 140 valence electrons. The van der Waals surface area contributed by atoms with Crippen molar-refractivity contribution in [2.45, 2.75) is 13.0 Å². The number of amides is 1. The second-order valence-electron chi connectivity index (χ2n) is 5.45. The van der Waals surface area contributed by atoms with Gasteiger partial charge in [-0.3, -0.25) is 4.79 Å². The minimum atomic E-state index is -0.486. The van der Waals surface area contributed by atoms with Crippen molar-refractivity contribution < 1.29 is 23.8 Å². The number of rotatable bonds is 9. The van der Waals surface area contributed by atoms with Crippen LogP contribution in [0.2, 0.25) is 0 Å². The summed E-state index contributed by atoms with van der Waals surface area (Å²) in [5.74, 6) is 0.220. The van der Waals surface area contributed by atoms with E-state index in [0.29, 0.717) is 24.7 Å². The van der Waals surface area contributed by atoms with E-state index in [2.05, 4.69) is 9.72 Å². The lowest BCUT2D eigenvalue weighted by atomic mass is 10.1. The Morgan fingerprint density at radius 1 is 1.15 bits per heavy atom. The fourth-order valence-electron chi connectivity index (χ4n) is 2.27. The van der Waals surface area contributed by atoms with E-state index in [1.807, 2.05) is 24.3 Å². The van der Waals surface area contributed by atoms with Crippen LogP contribution >= 0.6 is 11.3 Å². The Hall–Kier alpha value is -2.45. The average molecular weight is 378 g/mol. The summed E-state index contributed by atoms with van der Waals surface area (Å²) in [6.45, 7) is 1.18. The molecule has 0 bridgehead atoms. The number of nitrogens with zero attached hydrogens (tertiary/aromatic N) is 2. The molecule has 0 aliphatic heterocycles. The predicted octanol–water partition coefficient (Wildman–Crippen LogP) is 2.16. The molecule has 0 unspecified atom stereocenters. The number of thiazole rings is 1. The van der Waals surface area contributed by atoms with E-state index < -0.39 is 5.97 Å². The molecule has 0 N–H and O–H groups in total. The summed E-state index contributed by atoms with van der Waals surface area (Å²) in [5, 5.41) is 2.30. The summed E-state index contributed by atoms with van der Waals surface area (Å²) in [6, 6.07) is 7.38. The maximum absolute atomic E-state index is 12.7. The SMILES string of the molecule is COCCN(Cc1nc(C(=O)OC)cs1)C(=O)Cc1ccc(OC)cc1. The first kappa shape index (κ1) is 19.9. The third-order valence-electron chi connectivity index (χ3n) is 3.70. The lowest BCUT2D eigenvalue weighted by Gasteiger charge is -2.21. The van der Waals surface area contributed by atoms with Gasteiger partial charge >= 0.3 is 5.97 Å². The molecule has 2 rings (SSSR count). The van der Waals surface area contributed by atoms with E-state index in [1.54, 1.807) is 24.5 Å². The Morgan fingerprint density at radius 2 is 1.88 bits per heavy atom. The Kier molecular flexibility index (Phi) is 7.55. The van der Waals surface area contributed by atoms with E-state index in [9.17, 15) is 9.59 Å². The zero-order valence-corrected chi connectivity index (χ0v) is 15.9. The molecule has 0 aliphatic rings. The van der Waals surface area contributed by atoms with Gasteiger partial charge in [-0.1, -0.05) is 12.1 Å². The molecule has 0 saturated heterocycles. The molecule has 0 atom stereocenters.